The minimum atomic E-state index is -0.454. The van der Waals surface area contributed by atoms with Crippen molar-refractivity contribution in [1.82, 2.24) is 0 Å². The van der Waals surface area contributed by atoms with Crippen LogP contribution in [0, 0.1) is 10.1 Å². The van der Waals surface area contributed by atoms with E-state index in [1.165, 1.54) is 30.1 Å². The molecule has 0 atom stereocenters. The summed E-state index contributed by atoms with van der Waals surface area (Å²) in [4.78, 5) is 9.93. The first-order chi connectivity index (χ1) is 7.63. The number of amidine groups is 1. The van der Waals surface area contributed by atoms with Crippen molar-refractivity contribution in [1.29, 1.82) is 0 Å². The fourth-order valence-electron chi connectivity index (χ4n) is 0.875. The fourth-order valence-corrected chi connectivity index (χ4v) is 1.00. The molecule has 7 heteroatoms. The Bertz CT molecular complexity index is 428. The molecule has 0 aliphatic rings. The lowest BCUT2D eigenvalue weighted by atomic mass is 10.2. The molecule has 0 amide bonds. The smallest absolute Gasteiger partial charge is 0.269 e. The van der Waals surface area contributed by atoms with Crippen molar-refractivity contribution in [3.8, 4) is 0 Å². The fraction of sp³-hybridized carbons (Fsp3) is 0.111. The number of hydrogen-bond donors (Lipinski definition) is 1. The average molecular weight is 238 g/mol. The molecule has 6 nitrogen and oxygen atoms in total. The van der Waals surface area contributed by atoms with Crippen LogP contribution >= 0.6 is 11.8 Å². The Balaban J connectivity index is 2.72. The average Bonchev–Trinajstić information content (AvgIpc) is 2.29. The summed E-state index contributed by atoms with van der Waals surface area (Å²) in [6.07, 6.45) is 3.27. The second kappa shape index (κ2) is 5.86. The Morgan fingerprint density at radius 2 is 2.12 bits per heavy atom. The summed E-state index contributed by atoms with van der Waals surface area (Å²) < 4.78 is 0. The summed E-state index contributed by atoms with van der Waals surface area (Å²) in [5, 5.41) is 18.2. The summed E-state index contributed by atoms with van der Waals surface area (Å²) in [6.45, 7) is 0. The molecule has 0 heterocycles. The Labute approximate surface area is 96.4 Å². The van der Waals surface area contributed by atoms with Gasteiger partial charge in [0.2, 0.25) is 0 Å². The standard InChI is InChI=1S/C9H10N4O2S/c1-16-9(10)12-11-6-7-2-4-8(5-3-7)13(14)15/h2-6H,1H3,(H2,10,12)/b11-6+. The van der Waals surface area contributed by atoms with Crippen LogP contribution in [-0.2, 0) is 0 Å². The lowest BCUT2D eigenvalue weighted by molar-refractivity contribution is -0.384. The van der Waals surface area contributed by atoms with Crippen molar-refractivity contribution in [2.75, 3.05) is 6.26 Å². The van der Waals surface area contributed by atoms with Crippen molar-refractivity contribution in [3.05, 3.63) is 39.9 Å². The lowest BCUT2D eigenvalue weighted by Crippen LogP contribution is -2.03. The molecule has 0 saturated carbocycles. The predicted molar refractivity (Wildman–Crippen MR) is 65.8 cm³/mol. The van der Waals surface area contributed by atoms with E-state index >= 15 is 0 Å². The molecule has 0 unspecified atom stereocenters. The molecule has 0 aromatic heterocycles. The highest BCUT2D eigenvalue weighted by Crippen LogP contribution is 2.10. The van der Waals surface area contributed by atoms with Gasteiger partial charge >= 0.3 is 0 Å². The zero-order valence-corrected chi connectivity index (χ0v) is 9.35. The first kappa shape index (κ1) is 12.2. The van der Waals surface area contributed by atoms with E-state index in [-0.39, 0.29) is 5.69 Å². The summed E-state index contributed by atoms with van der Waals surface area (Å²) in [5.74, 6) is 0. The maximum atomic E-state index is 10.4. The SMILES string of the molecule is CS/C(N)=N/N=C/c1ccc([N+](=O)[O-])cc1. The van der Waals surface area contributed by atoms with E-state index in [0.717, 1.165) is 5.56 Å². The van der Waals surface area contributed by atoms with E-state index in [9.17, 15) is 10.1 Å². The third-order valence-electron chi connectivity index (χ3n) is 1.68. The quantitative estimate of drug-likeness (QED) is 0.374. The molecule has 1 aromatic carbocycles. The number of non-ortho nitro benzene ring substituents is 1. The van der Waals surface area contributed by atoms with Gasteiger partial charge in [-0.3, -0.25) is 10.1 Å². The van der Waals surface area contributed by atoms with E-state index in [1.807, 2.05) is 0 Å². The van der Waals surface area contributed by atoms with Crippen molar-refractivity contribution < 1.29 is 4.92 Å². The summed E-state index contributed by atoms with van der Waals surface area (Å²) in [7, 11) is 0. The van der Waals surface area contributed by atoms with Crippen LogP contribution in [0.2, 0.25) is 0 Å². The van der Waals surface area contributed by atoms with Crippen LogP contribution in [0.25, 0.3) is 0 Å². The monoisotopic (exact) mass is 238 g/mol. The number of thioether (sulfide) groups is 1. The molecule has 84 valence electrons. The zero-order chi connectivity index (χ0) is 12.0. The van der Waals surface area contributed by atoms with Crippen molar-refractivity contribution in [2.24, 2.45) is 15.9 Å². The highest BCUT2D eigenvalue weighted by atomic mass is 32.2. The molecule has 0 radical (unpaired) electrons. The van der Waals surface area contributed by atoms with Gasteiger partial charge in [-0.15, -0.1) is 5.10 Å². The van der Waals surface area contributed by atoms with Crippen LogP contribution in [0.1, 0.15) is 5.56 Å². The molecule has 0 aliphatic carbocycles. The molecule has 0 saturated heterocycles. The highest BCUT2D eigenvalue weighted by Gasteiger charge is 2.02. The third-order valence-corrected chi connectivity index (χ3v) is 2.18. The van der Waals surface area contributed by atoms with Crippen LogP contribution in [0.15, 0.2) is 34.5 Å². The van der Waals surface area contributed by atoms with Crippen LogP contribution in [0.5, 0.6) is 0 Å². The predicted octanol–water partition coefficient (Wildman–Crippen LogP) is 1.61. The first-order valence-corrected chi connectivity index (χ1v) is 5.51. The van der Waals surface area contributed by atoms with Gasteiger partial charge in [-0.05, 0) is 24.0 Å². The van der Waals surface area contributed by atoms with Crippen LogP contribution in [0.3, 0.4) is 0 Å². The molecule has 2 N–H and O–H groups in total. The van der Waals surface area contributed by atoms with Crippen molar-refractivity contribution in [2.45, 2.75) is 0 Å². The van der Waals surface area contributed by atoms with Crippen molar-refractivity contribution in [3.63, 3.8) is 0 Å². The number of nitro benzene ring substituents is 1. The molecule has 1 aromatic rings. The molecular weight excluding hydrogens is 228 g/mol. The van der Waals surface area contributed by atoms with Crippen LogP contribution < -0.4 is 5.73 Å². The van der Waals surface area contributed by atoms with Crippen LogP contribution in [0.4, 0.5) is 5.69 Å². The van der Waals surface area contributed by atoms with Gasteiger partial charge in [0.05, 0.1) is 11.1 Å². The van der Waals surface area contributed by atoms with Gasteiger partial charge in [0.15, 0.2) is 5.17 Å². The van der Waals surface area contributed by atoms with E-state index in [0.29, 0.717) is 5.17 Å². The van der Waals surface area contributed by atoms with Gasteiger partial charge in [-0.1, -0.05) is 11.8 Å². The number of rotatable bonds is 3. The summed E-state index contributed by atoms with van der Waals surface area (Å²) in [5.41, 5.74) is 6.18. The topological polar surface area (TPSA) is 93.9 Å². The van der Waals surface area contributed by atoms with Gasteiger partial charge in [0.1, 0.15) is 0 Å². The number of nitrogens with zero attached hydrogens (tertiary/aromatic N) is 3. The lowest BCUT2D eigenvalue weighted by Gasteiger charge is -1.92. The van der Waals surface area contributed by atoms with Crippen molar-refractivity contribution >= 4 is 28.8 Å². The van der Waals surface area contributed by atoms with Gasteiger partial charge in [0, 0.05) is 12.1 Å². The molecule has 0 spiro atoms. The molecule has 16 heavy (non-hydrogen) atoms. The second-order valence-corrected chi connectivity index (χ2v) is 3.56. The van der Waals surface area contributed by atoms with Gasteiger partial charge in [-0.25, -0.2) is 0 Å². The first-order valence-electron chi connectivity index (χ1n) is 4.28. The van der Waals surface area contributed by atoms with Gasteiger partial charge < -0.3 is 5.73 Å². The van der Waals surface area contributed by atoms with E-state index in [1.54, 1.807) is 18.4 Å². The van der Waals surface area contributed by atoms with Gasteiger partial charge in [-0.2, -0.15) is 5.10 Å². The maximum absolute atomic E-state index is 10.4. The Kier molecular flexibility index (Phi) is 4.46. The minimum Gasteiger partial charge on any atom is -0.377 e. The molecular formula is C9H10N4O2S. The number of hydrogen-bond acceptors (Lipinski definition) is 5. The molecule has 0 bridgehead atoms. The Morgan fingerprint density at radius 3 is 2.62 bits per heavy atom. The minimum absolute atomic E-state index is 0.0456. The Morgan fingerprint density at radius 1 is 1.50 bits per heavy atom. The zero-order valence-electron chi connectivity index (χ0n) is 8.53. The Hall–Kier alpha value is -1.89. The van der Waals surface area contributed by atoms with E-state index in [4.69, 9.17) is 5.73 Å². The van der Waals surface area contributed by atoms with Gasteiger partial charge in [0.25, 0.3) is 5.69 Å². The highest BCUT2D eigenvalue weighted by molar-refractivity contribution is 8.13. The number of benzene rings is 1. The number of nitrogens with two attached hydrogens (primary N) is 1. The third kappa shape index (κ3) is 3.70. The summed E-state index contributed by atoms with van der Waals surface area (Å²) in [6, 6.07) is 5.99. The molecule has 0 fully saturated rings. The number of nitro groups is 1. The summed E-state index contributed by atoms with van der Waals surface area (Å²) >= 11 is 1.29. The largest absolute Gasteiger partial charge is 0.377 e. The molecule has 0 aliphatic heterocycles. The van der Waals surface area contributed by atoms with E-state index in [2.05, 4.69) is 10.2 Å². The normalized spacial score (nSPS) is 11.9. The molecule has 1 rings (SSSR count). The van der Waals surface area contributed by atoms with E-state index < -0.39 is 4.92 Å². The maximum Gasteiger partial charge on any atom is 0.269 e. The second-order valence-electron chi connectivity index (χ2n) is 2.74. The van der Waals surface area contributed by atoms with Crippen LogP contribution in [-0.4, -0.2) is 22.6 Å².